The van der Waals surface area contributed by atoms with Gasteiger partial charge in [0.25, 0.3) is 0 Å². The minimum absolute atomic E-state index is 0.168. The first-order valence-corrected chi connectivity index (χ1v) is 11.1. The first kappa shape index (κ1) is 18.7. The molecule has 1 aromatic carbocycles. The van der Waals surface area contributed by atoms with Gasteiger partial charge in [-0.25, -0.2) is 13.1 Å². The lowest BCUT2D eigenvalue weighted by molar-refractivity contribution is -0.0218. The smallest absolute Gasteiger partial charge is 0.240 e. The fourth-order valence-electron chi connectivity index (χ4n) is 3.42. The average molecular weight is 382 g/mol. The Kier molecular flexibility index (Phi) is 6.02. The Balaban J connectivity index is 1.74. The van der Waals surface area contributed by atoms with E-state index in [1.165, 1.54) is 24.3 Å². The lowest BCUT2D eigenvalue weighted by Gasteiger charge is -2.47. The zero-order chi connectivity index (χ0) is 17.8. The number of ether oxygens (including phenoxy) is 1. The van der Waals surface area contributed by atoms with Crippen molar-refractivity contribution in [3.63, 3.8) is 0 Å². The van der Waals surface area contributed by atoms with Gasteiger partial charge in [0, 0.05) is 49.9 Å². The van der Waals surface area contributed by atoms with E-state index < -0.39 is 10.0 Å². The molecule has 136 valence electrons. The summed E-state index contributed by atoms with van der Waals surface area (Å²) in [5.41, 5.74) is 0.282. The van der Waals surface area contributed by atoms with Crippen molar-refractivity contribution in [3.05, 3.63) is 29.8 Å². The van der Waals surface area contributed by atoms with Crippen LogP contribution in [0, 0.1) is 11.3 Å². The minimum Gasteiger partial charge on any atom is -0.381 e. The first-order chi connectivity index (χ1) is 12.1. The van der Waals surface area contributed by atoms with Crippen LogP contribution in [0.2, 0.25) is 0 Å². The van der Waals surface area contributed by atoms with Gasteiger partial charge in [-0.3, -0.25) is 4.90 Å². The van der Waals surface area contributed by atoms with Gasteiger partial charge in [-0.1, -0.05) is 0 Å². The van der Waals surface area contributed by atoms with Gasteiger partial charge in [-0.05, 0) is 37.1 Å². The summed E-state index contributed by atoms with van der Waals surface area (Å²) in [7, 11) is -3.59. The summed E-state index contributed by atoms with van der Waals surface area (Å²) < 4.78 is 33.6. The summed E-state index contributed by atoms with van der Waals surface area (Å²) in [6, 6.07) is 8.02. The lowest BCUT2D eigenvalue weighted by Crippen LogP contribution is -2.60. The van der Waals surface area contributed by atoms with E-state index in [2.05, 4.69) is 9.62 Å². The summed E-state index contributed by atoms with van der Waals surface area (Å²) in [5, 5.41) is 8.85. The topological polar surface area (TPSA) is 82.4 Å². The molecule has 0 unspecified atom stereocenters. The third kappa shape index (κ3) is 4.36. The van der Waals surface area contributed by atoms with Crippen molar-refractivity contribution in [2.45, 2.75) is 23.3 Å². The van der Waals surface area contributed by atoms with Crippen LogP contribution in [0.1, 0.15) is 18.4 Å². The van der Waals surface area contributed by atoms with Gasteiger partial charge in [-0.15, -0.1) is 0 Å². The summed E-state index contributed by atoms with van der Waals surface area (Å²) in [6.07, 6.45) is 1.68. The number of benzene rings is 1. The molecule has 2 aliphatic heterocycles. The Labute approximate surface area is 153 Å². The average Bonchev–Trinajstić information content (AvgIpc) is 2.68. The molecular formula is C17H23N3O3S2. The number of nitriles is 1. The number of nitrogens with zero attached hydrogens (tertiary/aromatic N) is 2. The standard InChI is InChI=1S/C17H23N3O3S2/c18-13-15-1-3-16(4-2-15)25(21,22)19-14-17(5-9-23-10-6-17)20-7-11-24-12-8-20/h1-4,19H,5-12,14H2. The van der Waals surface area contributed by atoms with E-state index in [-0.39, 0.29) is 10.4 Å². The molecule has 2 heterocycles. The summed E-state index contributed by atoms with van der Waals surface area (Å²) in [5.74, 6) is 2.18. The third-order valence-electron chi connectivity index (χ3n) is 4.99. The van der Waals surface area contributed by atoms with E-state index in [1.807, 2.05) is 17.8 Å². The zero-order valence-electron chi connectivity index (χ0n) is 14.1. The van der Waals surface area contributed by atoms with Crippen molar-refractivity contribution >= 4 is 21.8 Å². The van der Waals surface area contributed by atoms with E-state index >= 15 is 0 Å². The molecule has 0 radical (unpaired) electrons. The Hall–Kier alpha value is -1.11. The molecule has 0 aromatic heterocycles. The zero-order valence-corrected chi connectivity index (χ0v) is 15.7. The van der Waals surface area contributed by atoms with E-state index in [9.17, 15) is 8.42 Å². The molecule has 6 nitrogen and oxygen atoms in total. The van der Waals surface area contributed by atoms with Crippen molar-refractivity contribution in [1.82, 2.24) is 9.62 Å². The highest BCUT2D eigenvalue weighted by atomic mass is 32.2. The molecule has 0 aliphatic carbocycles. The second-order valence-corrected chi connectivity index (χ2v) is 9.39. The van der Waals surface area contributed by atoms with Gasteiger partial charge in [-0.2, -0.15) is 17.0 Å². The number of hydrogen-bond acceptors (Lipinski definition) is 6. The molecule has 0 atom stereocenters. The van der Waals surface area contributed by atoms with E-state index in [4.69, 9.17) is 10.00 Å². The third-order valence-corrected chi connectivity index (χ3v) is 7.35. The number of thioether (sulfide) groups is 1. The van der Waals surface area contributed by atoms with E-state index in [1.54, 1.807) is 0 Å². The highest BCUT2D eigenvalue weighted by Crippen LogP contribution is 2.30. The quantitative estimate of drug-likeness (QED) is 0.831. The maximum absolute atomic E-state index is 12.7. The molecule has 25 heavy (non-hydrogen) atoms. The predicted octanol–water partition coefficient (Wildman–Crippen LogP) is 1.43. The highest BCUT2D eigenvalue weighted by Gasteiger charge is 2.39. The Morgan fingerprint density at radius 2 is 1.84 bits per heavy atom. The molecular weight excluding hydrogens is 358 g/mol. The van der Waals surface area contributed by atoms with Gasteiger partial charge < -0.3 is 4.74 Å². The monoisotopic (exact) mass is 381 g/mol. The van der Waals surface area contributed by atoms with E-state index in [0.717, 1.165) is 37.4 Å². The molecule has 3 rings (SSSR count). The van der Waals surface area contributed by atoms with Crippen LogP contribution in [0.5, 0.6) is 0 Å². The predicted molar refractivity (Wildman–Crippen MR) is 98.0 cm³/mol. The molecule has 0 bridgehead atoms. The van der Waals surface area contributed by atoms with Crippen LogP contribution in [0.15, 0.2) is 29.2 Å². The van der Waals surface area contributed by atoms with Gasteiger partial charge in [0.15, 0.2) is 0 Å². The highest BCUT2D eigenvalue weighted by molar-refractivity contribution is 7.99. The molecule has 2 saturated heterocycles. The minimum atomic E-state index is -3.59. The van der Waals surface area contributed by atoms with Gasteiger partial charge in [0.1, 0.15) is 0 Å². The fourth-order valence-corrected chi connectivity index (χ4v) is 5.44. The molecule has 0 saturated carbocycles. The van der Waals surface area contributed by atoms with Crippen molar-refractivity contribution in [1.29, 1.82) is 5.26 Å². The van der Waals surface area contributed by atoms with Gasteiger partial charge in [0.2, 0.25) is 10.0 Å². The molecule has 1 N–H and O–H groups in total. The van der Waals surface area contributed by atoms with Crippen LogP contribution in [0.25, 0.3) is 0 Å². The summed E-state index contributed by atoms with van der Waals surface area (Å²) in [6.45, 7) is 3.71. The molecule has 1 aromatic rings. The van der Waals surface area contributed by atoms with Crippen LogP contribution in [0.4, 0.5) is 0 Å². The SMILES string of the molecule is N#Cc1ccc(S(=O)(=O)NCC2(N3CCSCC3)CCOCC2)cc1. The second kappa shape index (κ2) is 8.06. The Morgan fingerprint density at radius 3 is 2.44 bits per heavy atom. The summed E-state index contributed by atoms with van der Waals surface area (Å²) in [4.78, 5) is 2.63. The lowest BCUT2D eigenvalue weighted by atomic mass is 9.88. The van der Waals surface area contributed by atoms with Crippen LogP contribution in [-0.2, 0) is 14.8 Å². The maximum Gasteiger partial charge on any atom is 0.240 e. The molecule has 2 fully saturated rings. The van der Waals surface area contributed by atoms with Gasteiger partial charge in [0.05, 0.1) is 16.5 Å². The van der Waals surface area contributed by atoms with E-state index in [0.29, 0.717) is 25.3 Å². The second-order valence-electron chi connectivity index (χ2n) is 6.40. The van der Waals surface area contributed by atoms with Crippen molar-refractivity contribution in [2.75, 3.05) is 44.4 Å². The Morgan fingerprint density at radius 1 is 1.20 bits per heavy atom. The number of hydrogen-bond donors (Lipinski definition) is 1. The van der Waals surface area contributed by atoms with Crippen LogP contribution in [-0.4, -0.2) is 63.2 Å². The first-order valence-electron chi connectivity index (χ1n) is 8.46. The number of nitrogens with one attached hydrogen (secondary N) is 1. The largest absolute Gasteiger partial charge is 0.381 e. The van der Waals surface area contributed by atoms with Crippen molar-refractivity contribution < 1.29 is 13.2 Å². The maximum atomic E-state index is 12.7. The Bertz CT molecular complexity index is 717. The summed E-state index contributed by atoms with van der Waals surface area (Å²) >= 11 is 1.95. The number of rotatable bonds is 5. The normalized spacial score (nSPS) is 21.6. The molecule has 0 amide bonds. The van der Waals surface area contributed by atoms with Gasteiger partial charge >= 0.3 is 0 Å². The van der Waals surface area contributed by atoms with Crippen molar-refractivity contribution in [2.24, 2.45) is 0 Å². The fraction of sp³-hybridized carbons (Fsp3) is 0.588. The van der Waals surface area contributed by atoms with Crippen molar-refractivity contribution in [3.8, 4) is 6.07 Å². The molecule has 0 spiro atoms. The van der Waals surface area contributed by atoms with Crippen LogP contribution >= 0.6 is 11.8 Å². The number of sulfonamides is 1. The molecule has 2 aliphatic rings. The van der Waals surface area contributed by atoms with Crippen LogP contribution in [0.3, 0.4) is 0 Å². The van der Waals surface area contributed by atoms with Crippen LogP contribution < -0.4 is 4.72 Å². The molecule has 8 heteroatoms.